The van der Waals surface area contributed by atoms with Crippen LogP contribution in [0.25, 0.3) is 11.2 Å². The Morgan fingerprint density at radius 1 is 1.06 bits per heavy atom. The topological polar surface area (TPSA) is 123 Å². The summed E-state index contributed by atoms with van der Waals surface area (Å²) in [6.07, 6.45) is 3.05. The molecule has 0 aliphatic heterocycles. The molecule has 10 heteroatoms. The van der Waals surface area contributed by atoms with Crippen molar-refractivity contribution in [3.05, 3.63) is 6.33 Å². The minimum Gasteiger partial charge on any atom is -0.341 e. The van der Waals surface area contributed by atoms with Gasteiger partial charge in [-0.3, -0.25) is 0 Å². The van der Waals surface area contributed by atoms with Crippen LogP contribution in [0.3, 0.4) is 0 Å². The first-order valence-electron chi connectivity index (χ1n) is 4.31. The first-order chi connectivity index (χ1) is 7.69. The Labute approximate surface area is 97.0 Å². The summed E-state index contributed by atoms with van der Waals surface area (Å²) in [5, 5.41) is -0.932. The van der Waals surface area contributed by atoms with Crippen LogP contribution >= 0.6 is 0 Å². The Kier molecular flexibility index (Phi) is 2.43. The standard InChI is InChI=1S/C7H8N4O4S2/c1-16(12,13)6-4-5(9-3-8-4)10-7(11-6)17(2,14)15/h3H,1-2H3,(H,8,9,10,11). The van der Waals surface area contributed by atoms with Gasteiger partial charge in [-0.2, -0.15) is 4.98 Å². The maximum absolute atomic E-state index is 11.5. The molecule has 0 radical (unpaired) electrons. The van der Waals surface area contributed by atoms with Crippen molar-refractivity contribution in [2.45, 2.75) is 10.2 Å². The second-order valence-corrected chi connectivity index (χ2v) is 7.30. The highest BCUT2D eigenvalue weighted by atomic mass is 32.2. The summed E-state index contributed by atoms with van der Waals surface area (Å²) in [6.45, 7) is 0. The van der Waals surface area contributed by atoms with Gasteiger partial charge in [-0.05, 0) is 0 Å². The molecule has 1 N–H and O–H groups in total. The van der Waals surface area contributed by atoms with Gasteiger partial charge >= 0.3 is 0 Å². The molecule has 0 saturated carbocycles. The minimum atomic E-state index is -3.70. The summed E-state index contributed by atoms with van der Waals surface area (Å²) in [6, 6.07) is 0. The van der Waals surface area contributed by atoms with Crippen LogP contribution in [0.5, 0.6) is 0 Å². The molecule has 0 spiro atoms. The zero-order valence-corrected chi connectivity index (χ0v) is 10.5. The van der Waals surface area contributed by atoms with Gasteiger partial charge in [0.05, 0.1) is 6.33 Å². The van der Waals surface area contributed by atoms with Crippen LogP contribution in [-0.2, 0) is 19.7 Å². The molecule has 2 aromatic rings. The monoisotopic (exact) mass is 276 g/mol. The number of nitrogens with zero attached hydrogens (tertiary/aromatic N) is 3. The summed E-state index contributed by atoms with van der Waals surface area (Å²) in [5.74, 6) is 0. The summed E-state index contributed by atoms with van der Waals surface area (Å²) in [7, 11) is -7.36. The SMILES string of the molecule is CS(=O)(=O)c1nc(S(C)(=O)=O)c2[nH]cnc2n1. The summed E-state index contributed by atoms with van der Waals surface area (Å²) in [4.78, 5) is 13.5. The van der Waals surface area contributed by atoms with E-state index in [0.717, 1.165) is 12.5 Å². The van der Waals surface area contributed by atoms with Crippen LogP contribution in [0, 0.1) is 0 Å². The lowest BCUT2D eigenvalue weighted by Gasteiger charge is -2.01. The molecule has 8 nitrogen and oxygen atoms in total. The number of hydrogen-bond donors (Lipinski definition) is 1. The number of imidazole rings is 1. The van der Waals surface area contributed by atoms with Crippen LogP contribution < -0.4 is 0 Å². The average molecular weight is 276 g/mol. The Balaban J connectivity index is 2.96. The van der Waals surface area contributed by atoms with Gasteiger partial charge in [-0.1, -0.05) is 0 Å². The van der Waals surface area contributed by atoms with Crippen molar-refractivity contribution in [3.8, 4) is 0 Å². The molecule has 0 amide bonds. The van der Waals surface area contributed by atoms with Crippen molar-refractivity contribution in [1.29, 1.82) is 0 Å². The third-order valence-corrected chi connectivity index (χ3v) is 3.76. The third-order valence-electron chi connectivity index (χ3n) is 1.91. The van der Waals surface area contributed by atoms with Crippen LogP contribution in [0.2, 0.25) is 0 Å². The van der Waals surface area contributed by atoms with Crippen LogP contribution in [-0.4, -0.2) is 49.3 Å². The van der Waals surface area contributed by atoms with Crippen molar-refractivity contribution < 1.29 is 16.8 Å². The molecule has 2 aromatic heterocycles. The van der Waals surface area contributed by atoms with E-state index < -0.39 is 24.8 Å². The Morgan fingerprint density at radius 2 is 1.71 bits per heavy atom. The van der Waals surface area contributed by atoms with E-state index in [-0.39, 0.29) is 16.2 Å². The van der Waals surface area contributed by atoms with Gasteiger partial charge in [-0.15, -0.1) is 0 Å². The maximum Gasteiger partial charge on any atom is 0.250 e. The zero-order valence-electron chi connectivity index (χ0n) is 8.87. The highest BCUT2D eigenvalue weighted by Gasteiger charge is 2.22. The molecule has 2 rings (SSSR count). The lowest BCUT2D eigenvalue weighted by atomic mass is 10.6. The molecule has 0 saturated heterocycles. The molecule has 0 atom stereocenters. The second-order valence-electron chi connectivity index (χ2n) is 3.46. The van der Waals surface area contributed by atoms with Crippen LogP contribution in [0.1, 0.15) is 0 Å². The molecule has 0 bridgehead atoms. The molecular weight excluding hydrogens is 268 g/mol. The first-order valence-corrected chi connectivity index (χ1v) is 8.09. The number of sulfone groups is 2. The van der Waals surface area contributed by atoms with E-state index in [0.29, 0.717) is 0 Å². The van der Waals surface area contributed by atoms with Gasteiger partial charge < -0.3 is 4.98 Å². The summed E-state index contributed by atoms with van der Waals surface area (Å²) >= 11 is 0. The largest absolute Gasteiger partial charge is 0.341 e. The van der Waals surface area contributed by atoms with Crippen molar-refractivity contribution in [3.63, 3.8) is 0 Å². The van der Waals surface area contributed by atoms with Crippen molar-refractivity contribution in [1.82, 2.24) is 19.9 Å². The number of nitrogens with one attached hydrogen (secondary N) is 1. The number of fused-ring (bicyclic) bond motifs is 1. The molecule has 2 heterocycles. The van der Waals surface area contributed by atoms with Gasteiger partial charge in [0.1, 0.15) is 5.52 Å². The molecule has 0 aromatic carbocycles. The average Bonchev–Trinajstić information content (AvgIpc) is 2.59. The number of H-pyrrole nitrogens is 1. The van der Waals surface area contributed by atoms with Crippen molar-refractivity contribution >= 4 is 30.8 Å². The predicted octanol–water partition coefficient (Wildman–Crippen LogP) is -0.840. The lowest BCUT2D eigenvalue weighted by molar-refractivity contribution is 0.587. The van der Waals surface area contributed by atoms with Crippen molar-refractivity contribution in [2.75, 3.05) is 12.5 Å². The highest BCUT2D eigenvalue weighted by Crippen LogP contribution is 2.18. The van der Waals surface area contributed by atoms with E-state index in [4.69, 9.17) is 0 Å². The smallest absolute Gasteiger partial charge is 0.250 e. The molecule has 17 heavy (non-hydrogen) atoms. The summed E-state index contributed by atoms with van der Waals surface area (Å²) in [5.41, 5.74) is 0.0979. The quantitative estimate of drug-likeness (QED) is 0.560. The van der Waals surface area contributed by atoms with E-state index in [1.165, 1.54) is 6.33 Å². The fourth-order valence-electron chi connectivity index (χ4n) is 1.22. The molecule has 0 aliphatic carbocycles. The van der Waals surface area contributed by atoms with E-state index in [1.807, 2.05) is 0 Å². The number of aromatic nitrogens is 4. The highest BCUT2D eigenvalue weighted by molar-refractivity contribution is 7.91. The first kappa shape index (κ1) is 11.9. The van der Waals surface area contributed by atoms with E-state index in [1.54, 1.807) is 0 Å². The maximum atomic E-state index is 11.5. The van der Waals surface area contributed by atoms with Crippen molar-refractivity contribution in [2.24, 2.45) is 0 Å². The predicted molar refractivity (Wildman–Crippen MR) is 57.9 cm³/mol. The fourth-order valence-corrected chi connectivity index (χ4v) is 2.56. The van der Waals surface area contributed by atoms with Gasteiger partial charge in [0.25, 0.3) is 0 Å². The molecular formula is C7H8N4O4S2. The van der Waals surface area contributed by atoms with E-state index in [9.17, 15) is 16.8 Å². The van der Waals surface area contributed by atoms with Gasteiger partial charge in [0.2, 0.25) is 15.0 Å². The number of aromatic amines is 1. The number of rotatable bonds is 2. The minimum absolute atomic E-state index is 0.000787. The third kappa shape index (κ3) is 2.13. The number of hydrogen-bond acceptors (Lipinski definition) is 7. The van der Waals surface area contributed by atoms with Gasteiger partial charge in [0.15, 0.2) is 20.5 Å². The van der Waals surface area contributed by atoms with Crippen LogP contribution in [0.4, 0.5) is 0 Å². The molecule has 92 valence electrons. The van der Waals surface area contributed by atoms with Gasteiger partial charge in [-0.25, -0.2) is 26.8 Å². The van der Waals surface area contributed by atoms with Crippen LogP contribution in [0.15, 0.2) is 16.5 Å². The lowest BCUT2D eigenvalue weighted by Crippen LogP contribution is -2.10. The molecule has 0 fully saturated rings. The Hall–Kier alpha value is -1.55. The summed E-state index contributed by atoms with van der Waals surface area (Å²) < 4.78 is 45.6. The van der Waals surface area contributed by atoms with Gasteiger partial charge in [0, 0.05) is 12.5 Å². The normalized spacial score (nSPS) is 13.1. The second kappa shape index (κ2) is 3.47. The Bertz CT molecular complexity index is 790. The van der Waals surface area contributed by atoms with E-state index >= 15 is 0 Å². The fraction of sp³-hybridized carbons (Fsp3) is 0.286. The molecule has 0 unspecified atom stereocenters. The van der Waals surface area contributed by atoms with E-state index in [2.05, 4.69) is 19.9 Å². The zero-order chi connectivity index (χ0) is 12.8. The Morgan fingerprint density at radius 3 is 2.24 bits per heavy atom. The molecule has 0 aliphatic rings.